The topological polar surface area (TPSA) is 55.8 Å². The lowest BCUT2D eigenvalue weighted by Gasteiger charge is -2.19. The number of ether oxygens (including phenoxy) is 2. The van der Waals surface area contributed by atoms with Crippen LogP contribution in [0.3, 0.4) is 0 Å². The summed E-state index contributed by atoms with van der Waals surface area (Å²) in [5.74, 6) is -1.02. The van der Waals surface area contributed by atoms with Crippen molar-refractivity contribution in [1.82, 2.24) is 0 Å². The van der Waals surface area contributed by atoms with Crippen LogP contribution < -0.4 is 9.47 Å². The van der Waals surface area contributed by atoms with Crippen LogP contribution in [0.25, 0.3) is 0 Å². The van der Waals surface area contributed by atoms with Crippen molar-refractivity contribution >= 4 is 5.97 Å². The molecule has 0 bridgehead atoms. The Labute approximate surface area is 111 Å². The van der Waals surface area contributed by atoms with E-state index in [1.807, 2.05) is 0 Å². The fourth-order valence-electron chi connectivity index (χ4n) is 2.55. The van der Waals surface area contributed by atoms with Crippen molar-refractivity contribution in [3.05, 3.63) is 23.0 Å². The van der Waals surface area contributed by atoms with Gasteiger partial charge in [0.05, 0.1) is 20.6 Å². The molecule has 0 amide bonds. The number of hydrogen-bond donors (Lipinski definition) is 1. The molecular weight excluding hydrogens is 251 g/mol. The highest BCUT2D eigenvalue weighted by atomic mass is 19.1. The third-order valence-corrected chi connectivity index (χ3v) is 3.68. The number of halogens is 1. The van der Waals surface area contributed by atoms with Gasteiger partial charge in [-0.3, -0.25) is 4.79 Å². The maximum absolute atomic E-state index is 14.5. The van der Waals surface area contributed by atoms with E-state index in [1.165, 1.54) is 14.2 Å². The first-order chi connectivity index (χ1) is 8.95. The van der Waals surface area contributed by atoms with Crippen molar-refractivity contribution in [3.8, 4) is 11.5 Å². The van der Waals surface area contributed by atoms with Crippen molar-refractivity contribution < 1.29 is 23.8 Å². The van der Waals surface area contributed by atoms with Gasteiger partial charge >= 0.3 is 5.97 Å². The SMILES string of the molecule is COc1c(C)cc(C2(CC(=O)O)CC2)c(F)c1OC. The monoisotopic (exact) mass is 268 g/mol. The lowest BCUT2D eigenvalue weighted by molar-refractivity contribution is -0.137. The van der Waals surface area contributed by atoms with E-state index in [2.05, 4.69) is 0 Å². The fourth-order valence-corrected chi connectivity index (χ4v) is 2.55. The number of benzene rings is 1. The maximum Gasteiger partial charge on any atom is 0.304 e. The minimum Gasteiger partial charge on any atom is -0.492 e. The summed E-state index contributed by atoms with van der Waals surface area (Å²) in [6, 6.07) is 1.67. The van der Waals surface area contributed by atoms with Gasteiger partial charge in [0.25, 0.3) is 0 Å². The number of aryl methyl sites for hydroxylation is 1. The van der Waals surface area contributed by atoms with Crippen LogP contribution in [-0.4, -0.2) is 25.3 Å². The number of carboxylic acids is 1. The molecule has 1 aliphatic rings. The molecule has 104 valence electrons. The molecule has 1 aromatic rings. The predicted molar refractivity (Wildman–Crippen MR) is 67.4 cm³/mol. The highest BCUT2D eigenvalue weighted by Crippen LogP contribution is 2.54. The predicted octanol–water partition coefficient (Wildman–Crippen LogP) is 2.66. The Hall–Kier alpha value is -1.78. The summed E-state index contributed by atoms with van der Waals surface area (Å²) in [5.41, 5.74) is 0.581. The van der Waals surface area contributed by atoms with Crippen LogP contribution in [0.5, 0.6) is 11.5 Å². The zero-order valence-corrected chi connectivity index (χ0v) is 11.2. The van der Waals surface area contributed by atoms with Gasteiger partial charge in [-0.05, 0) is 37.0 Å². The molecule has 1 aromatic carbocycles. The largest absolute Gasteiger partial charge is 0.492 e. The standard InChI is InChI=1S/C14H17FO4/c1-8-6-9(14(4-5-14)7-10(16)17)11(15)13(19-3)12(8)18-2/h6H,4-5,7H2,1-3H3,(H,16,17). The summed E-state index contributed by atoms with van der Waals surface area (Å²) in [7, 11) is 2.83. The normalized spacial score (nSPS) is 16.0. The summed E-state index contributed by atoms with van der Waals surface area (Å²) in [6.07, 6.45) is 1.31. The lowest BCUT2D eigenvalue weighted by atomic mass is 9.90. The molecule has 0 spiro atoms. The molecule has 1 N–H and O–H groups in total. The van der Waals surface area contributed by atoms with Gasteiger partial charge in [-0.1, -0.05) is 0 Å². The molecule has 0 unspecified atom stereocenters. The molecule has 0 atom stereocenters. The van der Waals surface area contributed by atoms with Crippen LogP contribution in [0, 0.1) is 12.7 Å². The van der Waals surface area contributed by atoms with Gasteiger partial charge in [-0.2, -0.15) is 0 Å². The van der Waals surface area contributed by atoms with Gasteiger partial charge in [0.2, 0.25) is 0 Å². The lowest BCUT2D eigenvalue weighted by Crippen LogP contribution is -2.16. The Balaban J connectivity index is 2.54. The summed E-state index contributed by atoms with van der Waals surface area (Å²) in [4.78, 5) is 10.9. The van der Waals surface area contributed by atoms with Crippen molar-refractivity contribution in [1.29, 1.82) is 0 Å². The molecule has 2 rings (SSSR count). The van der Waals surface area contributed by atoms with Crippen LogP contribution >= 0.6 is 0 Å². The zero-order valence-electron chi connectivity index (χ0n) is 11.2. The van der Waals surface area contributed by atoms with Crippen molar-refractivity contribution in [2.24, 2.45) is 0 Å². The highest BCUT2D eigenvalue weighted by molar-refractivity contribution is 5.70. The van der Waals surface area contributed by atoms with Gasteiger partial charge in [-0.15, -0.1) is 0 Å². The Morgan fingerprint density at radius 3 is 2.37 bits per heavy atom. The minimum atomic E-state index is -0.913. The molecule has 4 nitrogen and oxygen atoms in total. The number of carboxylic acid groups (broad SMARTS) is 1. The number of aliphatic carboxylic acids is 1. The Morgan fingerprint density at radius 1 is 1.37 bits per heavy atom. The van der Waals surface area contributed by atoms with E-state index in [0.29, 0.717) is 24.2 Å². The first kappa shape index (κ1) is 13.6. The second-order valence-corrected chi connectivity index (χ2v) is 4.97. The molecule has 19 heavy (non-hydrogen) atoms. The van der Waals surface area contributed by atoms with Crippen LogP contribution in [-0.2, 0) is 10.2 Å². The Morgan fingerprint density at radius 2 is 1.95 bits per heavy atom. The maximum atomic E-state index is 14.5. The molecule has 1 aliphatic carbocycles. The molecule has 0 aromatic heterocycles. The first-order valence-corrected chi connectivity index (χ1v) is 6.08. The third kappa shape index (κ3) is 2.25. The van der Waals surface area contributed by atoms with E-state index in [4.69, 9.17) is 14.6 Å². The van der Waals surface area contributed by atoms with E-state index in [1.54, 1.807) is 13.0 Å². The summed E-state index contributed by atoms with van der Waals surface area (Å²) in [5, 5.41) is 8.96. The van der Waals surface area contributed by atoms with Crippen molar-refractivity contribution in [3.63, 3.8) is 0 Å². The number of methoxy groups -OCH3 is 2. The Kier molecular flexibility index (Phi) is 3.39. The molecule has 0 aliphatic heterocycles. The highest BCUT2D eigenvalue weighted by Gasteiger charge is 2.48. The average molecular weight is 268 g/mol. The van der Waals surface area contributed by atoms with E-state index >= 15 is 0 Å². The van der Waals surface area contributed by atoms with Crippen molar-refractivity contribution in [2.75, 3.05) is 14.2 Å². The van der Waals surface area contributed by atoms with Gasteiger partial charge in [0, 0.05) is 5.41 Å². The first-order valence-electron chi connectivity index (χ1n) is 6.08. The second kappa shape index (κ2) is 4.72. The zero-order chi connectivity index (χ0) is 14.2. The molecule has 0 saturated heterocycles. The van der Waals surface area contributed by atoms with Crippen LogP contribution in [0.4, 0.5) is 4.39 Å². The van der Waals surface area contributed by atoms with Crippen LogP contribution in [0.15, 0.2) is 6.07 Å². The quantitative estimate of drug-likeness (QED) is 0.892. The average Bonchev–Trinajstić information content (AvgIpc) is 3.10. The van der Waals surface area contributed by atoms with Gasteiger partial charge in [0.15, 0.2) is 17.3 Å². The number of hydrogen-bond acceptors (Lipinski definition) is 3. The smallest absolute Gasteiger partial charge is 0.304 e. The molecule has 1 saturated carbocycles. The summed E-state index contributed by atoms with van der Waals surface area (Å²) in [6.45, 7) is 1.79. The van der Waals surface area contributed by atoms with Crippen LogP contribution in [0.2, 0.25) is 0 Å². The summed E-state index contributed by atoms with van der Waals surface area (Å²) >= 11 is 0. The molecule has 1 fully saturated rings. The molecular formula is C14H17FO4. The van der Waals surface area contributed by atoms with Crippen LogP contribution in [0.1, 0.15) is 30.4 Å². The number of carbonyl (C=O) groups is 1. The van der Waals surface area contributed by atoms with E-state index in [0.717, 1.165) is 5.56 Å². The minimum absolute atomic E-state index is 0.0502. The number of rotatable bonds is 5. The van der Waals surface area contributed by atoms with Gasteiger partial charge in [-0.25, -0.2) is 4.39 Å². The van der Waals surface area contributed by atoms with Gasteiger partial charge in [0.1, 0.15) is 0 Å². The Bertz CT molecular complexity index is 521. The van der Waals surface area contributed by atoms with E-state index < -0.39 is 17.2 Å². The molecule has 0 radical (unpaired) electrons. The van der Waals surface area contributed by atoms with Gasteiger partial charge < -0.3 is 14.6 Å². The van der Waals surface area contributed by atoms with Crippen molar-refractivity contribution in [2.45, 2.75) is 31.6 Å². The van der Waals surface area contributed by atoms with E-state index in [9.17, 15) is 9.18 Å². The van der Waals surface area contributed by atoms with E-state index in [-0.39, 0.29) is 12.2 Å². The molecule has 5 heteroatoms. The summed E-state index contributed by atoms with van der Waals surface area (Å²) < 4.78 is 24.7. The fraction of sp³-hybridized carbons (Fsp3) is 0.500. The molecule has 0 heterocycles. The second-order valence-electron chi connectivity index (χ2n) is 4.97. The third-order valence-electron chi connectivity index (χ3n) is 3.68.